The van der Waals surface area contributed by atoms with Gasteiger partial charge >= 0.3 is 0 Å². The van der Waals surface area contributed by atoms with E-state index in [2.05, 4.69) is 27.3 Å². The molecule has 0 radical (unpaired) electrons. The molecule has 3 heterocycles. The number of aromatic nitrogens is 4. The Hall–Kier alpha value is -1.80. The fraction of sp³-hybridized carbons (Fsp3) is 0.625. The Morgan fingerprint density at radius 1 is 1.46 bits per heavy atom. The Morgan fingerprint density at radius 2 is 2.29 bits per heavy atom. The van der Waals surface area contributed by atoms with Gasteiger partial charge in [0, 0.05) is 44.3 Å². The maximum Gasteiger partial charge on any atom is 0.225 e. The van der Waals surface area contributed by atoms with Gasteiger partial charge in [0.15, 0.2) is 11.0 Å². The highest BCUT2D eigenvalue weighted by molar-refractivity contribution is 7.14. The van der Waals surface area contributed by atoms with Crippen LogP contribution in [0.2, 0.25) is 0 Å². The van der Waals surface area contributed by atoms with Crippen LogP contribution in [0.1, 0.15) is 44.5 Å². The molecule has 0 aliphatic carbocycles. The topological polar surface area (TPSA) is 75.9 Å². The van der Waals surface area contributed by atoms with E-state index in [1.165, 1.54) is 11.3 Å². The summed E-state index contributed by atoms with van der Waals surface area (Å²) in [5.41, 5.74) is 0.980. The van der Waals surface area contributed by atoms with Gasteiger partial charge in [0.05, 0.1) is 12.2 Å². The summed E-state index contributed by atoms with van der Waals surface area (Å²) in [6.07, 6.45) is 2.90. The summed E-state index contributed by atoms with van der Waals surface area (Å²) in [6, 6.07) is 0.379. The van der Waals surface area contributed by atoms with Gasteiger partial charge in [-0.1, -0.05) is 6.92 Å². The van der Waals surface area contributed by atoms with Crippen molar-refractivity contribution >= 4 is 22.4 Å². The molecule has 2 aromatic rings. The Bertz CT molecular complexity index is 709. The monoisotopic (exact) mass is 348 g/mol. The molecule has 1 atom stereocenters. The molecular formula is C16H24N6OS. The van der Waals surface area contributed by atoms with Crippen molar-refractivity contribution in [3.8, 4) is 0 Å². The molecular weight excluding hydrogens is 324 g/mol. The molecule has 1 N–H and O–H groups in total. The second-order valence-corrected chi connectivity index (χ2v) is 6.82. The van der Waals surface area contributed by atoms with Gasteiger partial charge in [-0.2, -0.15) is 5.10 Å². The second kappa shape index (κ2) is 7.40. The van der Waals surface area contributed by atoms with E-state index in [0.29, 0.717) is 19.1 Å². The van der Waals surface area contributed by atoms with Crippen molar-refractivity contribution in [1.29, 1.82) is 0 Å². The minimum atomic E-state index is 0.0316. The minimum absolute atomic E-state index is 0.0316. The Morgan fingerprint density at radius 3 is 3.00 bits per heavy atom. The van der Waals surface area contributed by atoms with Crippen molar-refractivity contribution in [3.63, 3.8) is 0 Å². The van der Waals surface area contributed by atoms with Crippen molar-refractivity contribution in [1.82, 2.24) is 25.1 Å². The lowest BCUT2D eigenvalue weighted by atomic mass is 10.1. The zero-order valence-corrected chi connectivity index (χ0v) is 15.3. The van der Waals surface area contributed by atoms with Crippen LogP contribution in [0.4, 0.5) is 5.13 Å². The number of rotatable bonds is 6. The van der Waals surface area contributed by atoms with Crippen molar-refractivity contribution in [2.24, 2.45) is 0 Å². The number of nitrogens with zero attached hydrogens (tertiary/aromatic N) is 5. The molecule has 0 spiro atoms. The third-order valence-corrected chi connectivity index (χ3v) is 5.17. The van der Waals surface area contributed by atoms with Crippen LogP contribution in [0.25, 0.3) is 0 Å². The standard InChI is InChI=1S/C16H24N6OS/c1-4-14-19-15-7-6-12(9-22(15)20-14)17-8-13-10-24-16(18-13)21(5-2)11(3)23/h10,12,17H,4-9H2,1-3H3. The fourth-order valence-electron chi connectivity index (χ4n) is 2.92. The maximum atomic E-state index is 11.6. The first-order valence-corrected chi connectivity index (χ1v) is 9.37. The summed E-state index contributed by atoms with van der Waals surface area (Å²) in [5.74, 6) is 2.06. The van der Waals surface area contributed by atoms with Gasteiger partial charge in [-0.05, 0) is 13.3 Å². The normalized spacial score (nSPS) is 16.9. The van der Waals surface area contributed by atoms with Gasteiger partial charge < -0.3 is 5.32 Å². The van der Waals surface area contributed by atoms with Crippen molar-refractivity contribution in [3.05, 3.63) is 22.7 Å². The summed E-state index contributed by atoms with van der Waals surface area (Å²) >= 11 is 1.52. The number of amides is 1. The highest BCUT2D eigenvalue weighted by Gasteiger charge is 2.21. The number of fused-ring (bicyclic) bond motifs is 1. The predicted molar refractivity (Wildman–Crippen MR) is 94.2 cm³/mol. The summed E-state index contributed by atoms with van der Waals surface area (Å²) < 4.78 is 2.03. The Balaban J connectivity index is 1.57. The molecule has 0 saturated carbocycles. The van der Waals surface area contributed by atoms with Crippen LogP contribution >= 0.6 is 11.3 Å². The molecule has 1 aliphatic rings. The minimum Gasteiger partial charge on any atom is -0.306 e. The van der Waals surface area contributed by atoms with Crippen LogP contribution in [0.3, 0.4) is 0 Å². The van der Waals surface area contributed by atoms with E-state index in [-0.39, 0.29) is 5.91 Å². The number of hydrogen-bond donors (Lipinski definition) is 1. The first-order chi connectivity index (χ1) is 11.6. The van der Waals surface area contributed by atoms with Gasteiger partial charge in [-0.15, -0.1) is 11.3 Å². The van der Waals surface area contributed by atoms with E-state index in [4.69, 9.17) is 0 Å². The number of thiazole rings is 1. The molecule has 2 aromatic heterocycles. The first-order valence-electron chi connectivity index (χ1n) is 8.49. The fourth-order valence-corrected chi connectivity index (χ4v) is 3.85. The molecule has 1 amide bonds. The third kappa shape index (κ3) is 3.64. The number of aryl methyl sites for hydroxylation is 2. The Kier molecular flexibility index (Phi) is 5.25. The molecule has 130 valence electrons. The molecule has 1 unspecified atom stereocenters. The maximum absolute atomic E-state index is 11.6. The van der Waals surface area contributed by atoms with E-state index in [9.17, 15) is 4.79 Å². The lowest BCUT2D eigenvalue weighted by Crippen LogP contribution is -2.37. The average Bonchev–Trinajstić information content (AvgIpc) is 3.19. The number of carbonyl (C=O) groups excluding carboxylic acids is 1. The second-order valence-electron chi connectivity index (χ2n) is 5.98. The molecule has 0 fully saturated rings. The number of anilines is 1. The molecule has 7 nitrogen and oxygen atoms in total. The van der Waals surface area contributed by atoms with Crippen LogP contribution < -0.4 is 10.2 Å². The van der Waals surface area contributed by atoms with Crippen LogP contribution in [-0.2, 0) is 30.7 Å². The molecule has 1 aliphatic heterocycles. The molecule has 0 bridgehead atoms. The molecule has 3 rings (SSSR count). The van der Waals surface area contributed by atoms with Gasteiger partial charge in [0.2, 0.25) is 5.91 Å². The quantitative estimate of drug-likeness (QED) is 0.861. The molecule has 0 saturated heterocycles. The summed E-state index contributed by atoms with van der Waals surface area (Å²) in [4.78, 5) is 22.4. The summed E-state index contributed by atoms with van der Waals surface area (Å²) in [5, 5.41) is 10.9. The van der Waals surface area contributed by atoms with Gasteiger partial charge in [0.25, 0.3) is 0 Å². The van der Waals surface area contributed by atoms with E-state index >= 15 is 0 Å². The van der Waals surface area contributed by atoms with Crippen LogP contribution in [0.5, 0.6) is 0 Å². The predicted octanol–water partition coefficient (Wildman–Crippen LogP) is 1.77. The zero-order valence-electron chi connectivity index (χ0n) is 14.4. The lowest BCUT2D eigenvalue weighted by molar-refractivity contribution is -0.116. The van der Waals surface area contributed by atoms with Crippen LogP contribution in [-0.4, -0.2) is 38.2 Å². The largest absolute Gasteiger partial charge is 0.306 e. The van der Waals surface area contributed by atoms with E-state index < -0.39 is 0 Å². The Labute approximate surface area is 146 Å². The average molecular weight is 348 g/mol. The summed E-state index contributed by atoms with van der Waals surface area (Å²) in [6.45, 7) is 7.83. The van der Waals surface area contributed by atoms with Crippen molar-refractivity contribution in [2.45, 2.75) is 59.2 Å². The number of nitrogens with one attached hydrogen (secondary N) is 1. The number of hydrogen-bond acceptors (Lipinski definition) is 6. The highest BCUT2D eigenvalue weighted by atomic mass is 32.1. The van der Waals surface area contributed by atoms with Gasteiger partial charge in [0.1, 0.15) is 5.82 Å². The lowest BCUT2D eigenvalue weighted by Gasteiger charge is -2.23. The van der Waals surface area contributed by atoms with E-state index in [0.717, 1.165) is 48.3 Å². The molecule has 8 heteroatoms. The first kappa shape index (κ1) is 17.0. The van der Waals surface area contributed by atoms with Gasteiger partial charge in [-0.3, -0.25) is 9.69 Å². The van der Waals surface area contributed by atoms with Crippen molar-refractivity contribution in [2.75, 3.05) is 11.4 Å². The summed E-state index contributed by atoms with van der Waals surface area (Å²) in [7, 11) is 0. The molecule has 24 heavy (non-hydrogen) atoms. The zero-order chi connectivity index (χ0) is 17.1. The van der Waals surface area contributed by atoms with Crippen LogP contribution in [0, 0.1) is 0 Å². The van der Waals surface area contributed by atoms with E-state index in [1.807, 2.05) is 17.0 Å². The highest BCUT2D eigenvalue weighted by Crippen LogP contribution is 2.21. The molecule has 0 aromatic carbocycles. The van der Waals surface area contributed by atoms with Gasteiger partial charge in [-0.25, -0.2) is 14.6 Å². The van der Waals surface area contributed by atoms with Crippen LogP contribution in [0.15, 0.2) is 5.38 Å². The SMILES string of the molecule is CCc1nc2n(n1)CC(NCc1csc(N(CC)C(C)=O)n1)CC2. The van der Waals surface area contributed by atoms with Crippen molar-refractivity contribution < 1.29 is 4.79 Å². The smallest absolute Gasteiger partial charge is 0.225 e. The number of carbonyl (C=O) groups is 1. The third-order valence-electron chi connectivity index (χ3n) is 4.26. The van der Waals surface area contributed by atoms with E-state index in [1.54, 1.807) is 11.8 Å².